The van der Waals surface area contributed by atoms with Crippen LogP contribution >= 0.6 is 11.3 Å². The largest absolute Gasteiger partial charge is 0.496 e. The molecular formula is C27H23F3N4O3S. The van der Waals surface area contributed by atoms with Gasteiger partial charge in [0.25, 0.3) is 5.91 Å². The molecule has 1 unspecified atom stereocenters. The third-order valence-electron chi connectivity index (χ3n) is 6.40. The van der Waals surface area contributed by atoms with Gasteiger partial charge < -0.3 is 9.64 Å². The van der Waals surface area contributed by atoms with Crippen LogP contribution in [0.15, 0.2) is 60.8 Å². The van der Waals surface area contributed by atoms with E-state index in [0.717, 1.165) is 15.3 Å². The summed E-state index contributed by atoms with van der Waals surface area (Å²) < 4.78 is 47.1. The standard InChI is InChI=1S/C27H23F3N4O3S/c1-16(35)24-11-12-25(38-24)19-9-7-18(13-23(19)37-2)20-14-34(32-31-20)22-10-8-17-5-3-4-6-21(17)33(26(22)36)15-27(28,29)30/h3-7,9,11-14,22H,8,10,15H2,1-2H3. The summed E-state index contributed by atoms with van der Waals surface area (Å²) in [7, 11) is 1.54. The number of aryl methyl sites for hydroxylation is 1. The highest BCUT2D eigenvalue weighted by Gasteiger charge is 2.39. The molecule has 0 aliphatic carbocycles. The molecule has 11 heteroatoms. The zero-order valence-corrected chi connectivity index (χ0v) is 21.3. The molecule has 1 amide bonds. The number of nitrogens with zero attached hydrogens (tertiary/aromatic N) is 4. The lowest BCUT2D eigenvalue weighted by molar-refractivity contribution is -0.134. The van der Waals surface area contributed by atoms with Crippen molar-refractivity contribution in [3.8, 4) is 27.4 Å². The Morgan fingerprint density at radius 2 is 1.95 bits per heavy atom. The van der Waals surface area contributed by atoms with Crippen LogP contribution in [0.3, 0.4) is 0 Å². The van der Waals surface area contributed by atoms with Gasteiger partial charge in [-0.1, -0.05) is 29.5 Å². The number of methoxy groups -OCH3 is 1. The van der Waals surface area contributed by atoms with Gasteiger partial charge in [0, 0.05) is 21.7 Å². The number of anilines is 1. The molecule has 1 atom stereocenters. The lowest BCUT2D eigenvalue weighted by Gasteiger charge is -2.26. The number of hydrogen-bond acceptors (Lipinski definition) is 6. The van der Waals surface area contributed by atoms with E-state index in [4.69, 9.17) is 4.74 Å². The molecule has 2 aromatic heterocycles. The second-order valence-electron chi connectivity index (χ2n) is 8.94. The minimum absolute atomic E-state index is 0.0154. The van der Waals surface area contributed by atoms with E-state index in [0.29, 0.717) is 33.9 Å². The topological polar surface area (TPSA) is 77.3 Å². The van der Waals surface area contributed by atoms with E-state index >= 15 is 0 Å². The van der Waals surface area contributed by atoms with Gasteiger partial charge in [0.05, 0.1) is 18.2 Å². The number of fused-ring (bicyclic) bond motifs is 1. The van der Waals surface area contributed by atoms with Gasteiger partial charge in [-0.25, -0.2) is 4.68 Å². The van der Waals surface area contributed by atoms with Crippen molar-refractivity contribution in [3.05, 3.63) is 71.2 Å². The Hall–Kier alpha value is -3.99. The summed E-state index contributed by atoms with van der Waals surface area (Å²) in [5.41, 5.74) is 2.86. The smallest absolute Gasteiger partial charge is 0.406 e. The van der Waals surface area contributed by atoms with E-state index in [2.05, 4.69) is 10.3 Å². The predicted molar refractivity (Wildman–Crippen MR) is 138 cm³/mol. The second-order valence-corrected chi connectivity index (χ2v) is 10.0. The molecule has 1 aliphatic heterocycles. The third-order valence-corrected chi connectivity index (χ3v) is 7.62. The highest BCUT2D eigenvalue weighted by Crippen LogP contribution is 2.38. The lowest BCUT2D eigenvalue weighted by atomic mass is 10.1. The third kappa shape index (κ3) is 5.06. The summed E-state index contributed by atoms with van der Waals surface area (Å²) in [5, 5.41) is 8.33. The van der Waals surface area contributed by atoms with Gasteiger partial charge in [0.15, 0.2) is 5.78 Å². The Morgan fingerprint density at radius 3 is 2.66 bits per heavy atom. The summed E-state index contributed by atoms with van der Waals surface area (Å²) >= 11 is 1.37. The summed E-state index contributed by atoms with van der Waals surface area (Å²) in [6.07, 6.45) is -2.29. The van der Waals surface area contributed by atoms with Crippen molar-refractivity contribution in [3.63, 3.8) is 0 Å². The number of alkyl halides is 3. The molecule has 196 valence electrons. The van der Waals surface area contributed by atoms with Crippen LogP contribution in [0.25, 0.3) is 21.7 Å². The van der Waals surface area contributed by atoms with Crippen molar-refractivity contribution in [1.29, 1.82) is 0 Å². The number of Topliss-reactive ketones (excluding diaryl/α,β-unsaturated/α-hetero) is 1. The van der Waals surface area contributed by atoms with Gasteiger partial charge in [-0.3, -0.25) is 9.59 Å². The fraction of sp³-hybridized carbons (Fsp3) is 0.259. The number of ketones is 1. The maximum atomic E-state index is 13.4. The molecule has 0 bridgehead atoms. The van der Waals surface area contributed by atoms with Crippen LogP contribution in [-0.2, 0) is 11.2 Å². The minimum atomic E-state index is -4.56. The zero-order chi connectivity index (χ0) is 27.0. The first-order valence-electron chi connectivity index (χ1n) is 11.8. The van der Waals surface area contributed by atoms with Crippen LogP contribution in [0.1, 0.15) is 34.6 Å². The maximum Gasteiger partial charge on any atom is 0.406 e. The first-order chi connectivity index (χ1) is 18.1. The van der Waals surface area contributed by atoms with Crippen molar-refractivity contribution in [1.82, 2.24) is 15.0 Å². The normalized spacial score (nSPS) is 15.8. The number of halogens is 3. The van der Waals surface area contributed by atoms with Gasteiger partial charge >= 0.3 is 6.18 Å². The molecule has 0 fully saturated rings. The predicted octanol–water partition coefficient (Wildman–Crippen LogP) is 5.97. The van der Waals surface area contributed by atoms with Crippen LogP contribution in [0.5, 0.6) is 5.75 Å². The molecule has 38 heavy (non-hydrogen) atoms. The van der Waals surface area contributed by atoms with Crippen LogP contribution < -0.4 is 9.64 Å². The maximum absolute atomic E-state index is 13.4. The number of benzene rings is 2. The van der Waals surface area contributed by atoms with Crippen molar-refractivity contribution >= 4 is 28.7 Å². The fourth-order valence-electron chi connectivity index (χ4n) is 4.57. The summed E-state index contributed by atoms with van der Waals surface area (Å²) in [5.74, 6) is -0.139. The molecular weight excluding hydrogens is 517 g/mol. The van der Waals surface area contributed by atoms with Gasteiger partial charge in [0.2, 0.25) is 0 Å². The van der Waals surface area contributed by atoms with E-state index in [1.54, 1.807) is 36.5 Å². The molecule has 5 rings (SSSR count). The van der Waals surface area contributed by atoms with Gasteiger partial charge in [-0.2, -0.15) is 13.2 Å². The van der Waals surface area contributed by atoms with Crippen molar-refractivity contribution < 1.29 is 27.5 Å². The average molecular weight is 541 g/mol. The highest BCUT2D eigenvalue weighted by molar-refractivity contribution is 7.17. The van der Waals surface area contributed by atoms with Crippen molar-refractivity contribution in [2.75, 3.05) is 18.6 Å². The molecule has 2 aromatic carbocycles. The number of thiophene rings is 1. The number of carbonyl (C=O) groups excluding carboxylic acids is 2. The van der Waals surface area contributed by atoms with E-state index in [1.807, 2.05) is 18.2 Å². The molecule has 0 saturated heterocycles. The Balaban J connectivity index is 1.45. The lowest BCUT2D eigenvalue weighted by Crippen LogP contribution is -2.42. The molecule has 1 aliphatic rings. The fourth-order valence-corrected chi connectivity index (χ4v) is 5.51. The first kappa shape index (κ1) is 25.7. The molecule has 0 saturated carbocycles. The number of carbonyl (C=O) groups is 2. The van der Waals surface area contributed by atoms with Gasteiger partial charge in [0.1, 0.15) is 24.0 Å². The Morgan fingerprint density at radius 1 is 1.16 bits per heavy atom. The molecule has 4 aromatic rings. The second kappa shape index (κ2) is 10.1. The van der Waals surface area contributed by atoms with Gasteiger partial charge in [-0.15, -0.1) is 16.4 Å². The minimum Gasteiger partial charge on any atom is -0.496 e. The van der Waals surface area contributed by atoms with Crippen LogP contribution in [0.4, 0.5) is 18.9 Å². The summed E-state index contributed by atoms with van der Waals surface area (Å²) in [6, 6.07) is 14.8. The molecule has 0 N–H and O–H groups in total. The molecule has 3 heterocycles. The number of amides is 1. The van der Waals surface area contributed by atoms with Crippen LogP contribution in [0, 0.1) is 0 Å². The SMILES string of the molecule is COc1cc(-c2cn(C3CCc4ccccc4N(CC(F)(F)F)C3=O)nn2)ccc1-c1ccc(C(C)=O)s1. The van der Waals surface area contributed by atoms with Crippen molar-refractivity contribution in [2.24, 2.45) is 0 Å². The summed E-state index contributed by atoms with van der Waals surface area (Å²) in [6.45, 7) is 0.132. The van der Waals surface area contributed by atoms with Crippen molar-refractivity contribution in [2.45, 2.75) is 32.0 Å². The van der Waals surface area contributed by atoms with Gasteiger partial charge in [-0.05, 0) is 55.7 Å². The summed E-state index contributed by atoms with van der Waals surface area (Å²) in [4.78, 5) is 27.4. The van der Waals surface area contributed by atoms with E-state index in [1.165, 1.54) is 36.1 Å². The monoisotopic (exact) mass is 540 g/mol. The first-order valence-corrected chi connectivity index (χ1v) is 12.6. The quantitative estimate of drug-likeness (QED) is 0.282. The van der Waals surface area contributed by atoms with Crippen LogP contribution in [0.2, 0.25) is 0 Å². The number of rotatable bonds is 6. The molecule has 0 spiro atoms. The zero-order valence-electron chi connectivity index (χ0n) is 20.5. The van der Waals surface area contributed by atoms with Crippen LogP contribution in [-0.4, -0.2) is 46.5 Å². The van der Waals surface area contributed by atoms with E-state index < -0.39 is 24.7 Å². The molecule has 0 radical (unpaired) electrons. The highest BCUT2D eigenvalue weighted by atomic mass is 32.1. The Labute approximate surface area is 220 Å². The number of para-hydroxylation sites is 1. The Kier molecular flexibility index (Phi) is 6.78. The number of ether oxygens (including phenoxy) is 1. The van der Waals surface area contributed by atoms with E-state index in [9.17, 15) is 22.8 Å². The number of aromatic nitrogens is 3. The number of hydrogen-bond donors (Lipinski definition) is 0. The van der Waals surface area contributed by atoms with E-state index in [-0.39, 0.29) is 17.9 Å². The Bertz CT molecular complexity index is 1510. The molecule has 7 nitrogen and oxygen atoms in total. The average Bonchev–Trinajstić information content (AvgIpc) is 3.55.